The maximum atomic E-state index is 13.6. The first-order valence-electron chi connectivity index (χ1n) is 10.5. The average molecular weight is 420 g/mol. The van der Waals surface area contributed by atoms with Gasteiger partial charge in [-0.3, -0.25) is 9.69 Å². The van der Waals surface area contributed by atoms with Gasteiger partial charge in [0.05, 0.1) is 0 Å². The highest BCUT2D eigenvalue weighted by Gasteiger charge is 2.17. The summed E-state index contributed by atoms with van der Waals surface area (Å²) in [6, 6.07) is 24.4. The molecule has 6 heteroatoms. The van der Waals surface area contributed by atoms with E-state index >= 15 is 0 Å². The average Bonchev–Trinajstić information content (AvgIpc) is 2.80. The van der Waals surface area contributed by atoms with Crippen molar-refractivity contribution in [2.24, 2.45) is 0 Å². The van der Waals surface area contributed by atoms with Gasteiger partial charge in [0.15, 0.2) is 18.2 Å². The molecule has 0 aromatic heterocycles. The summed E-state index contributed by atoms with van der Waals surface area (Å²) in [4.78, 5) is 16.9. The van der Waals surface area contributed by atoms with E-state index in [9.17, 15) is 9.18 Å². The minimum Gasteiger partial charge on any atom is -0.481 e. The van der Waals surface area contributed by atoms with Crippen LogP contribution in [-0.4, -0.2) is 43.6 Å². The van der Waals surface area contributed by atoms with Crippen molar-refractivity contribution >= 4 is 17.3 Å². The van der Waals surface area contributed by atoms with E-state index < -0.39 is 5.82 Å². The fourth-order valence-electron chi connectivity index (χ4n) is 3.66. The van der Waals surface area contributed by atoms with Gasteiger partial charge in [-0.25, -0.2) is 4.39 Å². The summed E-state index contributed by atoms with van der Waals surface area (Å²) < 4.78 is 18.8. The molecule has 0 atom stereocenters. The van der Waals surface area contributed by atoms with Gasteiger partial charge in [-0.2, -0.15) is 0 Å². The van der Waals surface area contributed by atoms with Crippen molar-refractivity contribution in [2.45, 2.75) is 6.54 Å². The Bertz CT molecular complexity index is 987. The first-order chi connectivity index (χ1) is 15.2. The summed E-state index contributed by atoms with van der Waals surface area (Å²) in [7, 11) is 0. The number of para-hydroxylation sites is 1. The first-order valence-corrected chi connectivity index (χ1v) is 10.5. The molecule has 1 saturated heterocycles. The molecule has 5 nitrogen and oxygen atoms in total. The molecule has 31 heavy (non-hydrogen) atoms. The molecule has 0 aliphatic carbocycles. The Morgan fingerprint density at radius 1 is 0.871 bits per heavy atom. The van der Waals surface area contributed by atoms with Gasteiger partial charge in [0, 0.05) is 44.1 Å². The quantitative estimate of drug-likeness (QED) is 0.625. The first kappa shape index (κ1) is 20.9. The van der Waals surface area contributed by atoms with Crippen LogP contribution in [0.5, 0.6) is 5.75 Å². The highest BCUT2D eigenvalue weighted by Crippen LogP contribution is 2.20. The van der Waals surface area contributed by atoms with Crippen molar-refractivity contribution in [3.63, 3.8) is 0 Å². The largest absolute Gasteiger partial charge is 0.481 e. The van der Waals surface area contributed by atoms with E-state index in [0.717, 1.165) is 38.4 Å². The van der Waals surface area contributed by atoms with Crippen molar-refractivity contribution in [1.29, 1.82) is 0 Å². The van der Waals surface area contributed by atoms with Gasteiger partial charge in [-0.05, 0) is 42.0 Å². The third-order valence-corrected chi connectivity index (χ3v) is 5.33. The summed E-state index contributed by atoms with van der Waals surface area (Å²) in [5.74, 6) is -0.742. The molecular weight excluding hydrogens is 393 g/mol. The zero-order valence-corrected chi connectivity index (χ0v) is 17.3. The van der Waals surface area contributed by atoms with E-state index in [1.165, 1.54) is 17.7 Å². The monoisotopic (exact) mass is 419 g/mol. The maximum Gasteiger partial charge on any atom is 0.262 e. The third kappa shape index (κ3) is 5.83. The SMILES string of the molecule is O=C(COc1ccccc1F)Nc1ccc(N2CCN(Cc3ccccc3)CC2)cc1. The Balaban J connectivity index is 1.24. The van der Waals surface area contributed by atoms with Crippen LogP contribution in [0.15, 0.2) is 78.9 Å². The molecule has 0 saturated carbocycles. The second-order valence-electron chi connectivity index (χ2n) is 7.56. The Kier molecular flexibility index (Phi) is 6.79. The standard InChI is InChI=1S/C25H26FN3O2/c26-23-8-4-5-9-24(23)31-19-25(30)27-21-10-12-22(13-11-21)29-16-14-28(15-17-29)18-20-6-2-1-3-7-20/h1-13H,14-19H2,(H,27,30). The van der Waals surface area contributed by atoms with E-state index in [2.05, 4.69) is 39.4 Å². The lowest BCUT2D eigenvalue weighted by Crippen LogP contribution is -2.45. The topological polar surface area (TPSA) is 44.8 Å². The van der Waals surface area contributed by atoms with Crippen molar-refractivity contribution in [3.8, 4) is 5.75 Å². The van der Waals surface area contributed by atoms with Gasteiger partial charge in [-0.15, -0.1) is 0 Å². The number of carbonyl (C=O) groups excluding carboxylic acids is 1. The number of anilines is 2. The van der Waals surface area contributed by atoms with Gasteiger partial charge in [0.2, 0.25) is 0 Å². The number of ether oxygens (including phenoxy) is 1. The molecule has 4 rings (SSSR count). The Labute approximate surface area is 182 Å². The molecule has 0 bridgehead atoms. The molecule has 160 valence electrons. The number of hydrogen-bond donors (Lipinski definition) is 1. The fraction of sp³-hybridized carbons (Fsp3) is 0.240. The van der Waals surface area contributed by atoms with Gasteiger partial charge in [0.25, 0.3) is 5.91 Å². The predicted molar refractivity (Wildman–Crippen MR) is 121 cm³/mol. The van der Waals surface area contributed by atoms with Crippen LogP contribution in [0.2, 0.25) is 0 Å². The Morgan fingerprint density at radius 3 is 2.26 bits per heavy atom. The molecule has 1 fully saturated rings. The normalized spacial score (nSPS) is 14.3. The lowest BCUT2D eigenvalue weighted by molar-refractivity contribution is -0.118. The number of carbonyl (C=O) groups is 1. The van der Waals surface area contributed by atoms with E-state index in [-0.39, 0.29) is 18.3 Å². The zero-order valence-electron chi connectivity index (χ0n) is 17.3. The molecule has 1 heterocycles. The van der Waals surface area contributed by atoms with Crippen molar-refractivity contribution < 1.29 is 13.9 Å². The minimum absolute atomic E-state index is 0.0689. The minimum atomic E-state index is -0.483. The lowest BCUT2D eigenvalue weighted by atomic mass is 10.2. The number of nitrogens with one attached hydrogen (secondary N) is 1. The second-order valence-corrected chi connectivity index (χ2v) is 7.56. The number of rotatable bonds is 7. The molecule has 1 aliphatic rings. The molecule has 0 spiro atoms. The number of halogens is 1. The summed E-state index contributed by atoms with van der Waals surface area (Å²) in [6.45, 7) is 4.70. The van der Waals surface area contributed by atoms with E-state index in [4.69, 9.17) is 4.74 Å². The fourth-order valence-corrected chi connectivity index (χ4v) is 3.66. The molecule has 1 N–H and O–H groups in total. The van der Waals surface area contributed by atoms with Crippen LogP contribution in [-0.2, 0) is 11.3 Å². The Hall–Kier alpha value is -3.38. The summed E-state index contributed by atoms with van der Waals surface area (Å²) in [5, 5.41) is 2.78. The van der Waals surface area contributed by atoms with Crippen molar-refractivity contribution in [3.05, 3.63) is 90.2 Å². The molecule has 0 radical (unpaired) electrons. The predicted octanol–water partition coefficient (Wildman–Crippen LogP) is 4.17. The van der Waals surface area contributed by atoms with Gasteiger partial charge in [0.1, 0.15) is 0 Å². The maximum absolute atomic E-state index is 13.6. The Morgan fingerprint density at radius 2 is 1.55 bits per heavy atom. The van der Waals surface area contributed by atoms with Gasteiger partial charge in [-0.1, -0.05) is 42.5 Å². The van der Waals surface area contributed by atoms with Crippen LogP contribution in [0, 0.1) is 5.82 Å². The number of amides is 1. The van der Waals surface area contributed by atoms with Crippen molar-refractivity contribution in [1.82, 2.24) is 4.90 Å². The number of benzene rings is 3. The van der Waals surface area contributed by atoms with Crippen LogP contribution in [0.4, 0.5) is 15.8 Å². The highest BCUT2D eigenvalue weighted by molar-refractivity contribution is 5.92. The van der Waals surface area contributed by atoms with E-state index in [1.807, 2.05) is 30.3 Å². The van der Waals surface area contributed by atoms with Crippen LogP contribution >= 0.6 is 0 Å². The smallest absolute Gasteiger partial charge is 0.262 e. The molecule has 3 aromatic rings. The molecular formula is C25H26FN3O2. The van der Waals surface area contributed by atoms with Crippen molar-refractivity contribution in [2.75, 3.05) is 43.0 Å². The molecule has 3 aromatic carbocycles. The van der Waals surface area contributed by atoms with Gasteiger partial charge < -0.3 is 15.0 Å². The number of nitrogens with zero attached hydrogens (tertiary/aromatic N) is 2. The summed E-state index contributed by atoms with van der Waals surface area (Å²) in [6.07, 6.45) is 0. The number of hydrogen-bond acceptors (Lipinski definition) is 4. The lowest BCUT2D eigenvalue weighted by Gasteiger charge is -2.36. The van der Waals surface area contributed by atoms with Crippen LogP contribution in [0.3, 0.4) is 0 Å². The molecule has 1 amide bonds. The molecule has 1 aliphatic heterocycles. The molecule has 0 unspecified atom stereocenters. The third-order valence-electron chi connectivity index (χ3n) is 5.33. The number of piperazine rings is 1. The summed E-state index contributed by atoms with van der Waals surface area (Å²) in [5.41, 5.74) is 3.17. The van der Waals surface area contributed by atoms with E-state index in [1.54, 1.807) is 12.1 Å². The highest BCUT2D eigenvalue weighted by atomic mass is 19.1. The summed E-state index contributed by atoms with van der Waals surface area (Å²) >= 11 is 0. The van der Waals surface area contributed by atoms with Crippen LogP contribution < -0.4 is 15.0 Å². The second kappa shape index (κ2) is 10.1. The van der Waals surface area contributed by atoms with Crippen LogP contribution in [0.1, 0.15) is 5.56 Å². The zero-order chi connectivity index (χ0) is 21.5. The van der Waals surface area contributed by atoms with Crippen LogP contribution in [0.25, 0.3) is 0 Å². The van der Waals surface area contributed by atoms with E-state index in [0.29, 0.717) is 5.69 Å². The van der Waals surface area contributed by atoms with Gasteiger partial charge >= 0.3 is 0 Å².